The maximum Gasteiger partial charge on any atom is 0.181 e. The molecule has 220 valence electrons. The molecule has 4 saturated carbocycles. The fourth-order valence-electron chi connectivity index (χ4n) is 10.0. The molecule has 0 heterocycles. The van der Waals surface area contributed by atoms with Gasteiger partial charge in [-0.2, -0.15) is 0 Å². The third-order valence-corrected chi connectivity index (χ3v) is 14.9. The molecule has 8 unspecified atom stereocenters. The number of fused-ring (bicyclic) bond motifs is 5. The Morgan fingerprint density at radius 3 is 2.28 bits per heavy atom. The minimum atomic E-state index is -3.52. The Morgan fingerprint density at radius 2 is 1.59 bits per heavy atom. The van der Waals surface area contributed by atoms with Crippen molar-refractivity contribution in [3.63, 3.8) is 0 Å². The van der Waals surface area contributed by atoms with Crippen LogP contribution in [-0.2, 0) is 9.84 Å². The van der Waals surface area contributed by atoms with E-state index in [9.17, 15) is 18.6 Å². The van der Waals surface area contributed by atoms with Crippen LogP contribution in [0, 0.1) is 45.8 Å². The van der Waals surface area contributed by atoms with Crippen molar-refractivity contribution in [2.75, 3.05) is 0 Å². The van der Waals surface area contributed by atoms with Gasteiger partial charge in [0, 0.05) is 0 Å². The van der Waals surface area contributed by atoms with Gasteiger partial charge in [-0.15, -0.1) is 0 Å². The lowest BCUT2D eigenvalue weighted by molar-refractivity contribution is -0.127. The average Bonchev–Trinajstić information content (AvgIpc) is 3.22. The number of aliphatic hydroxyl groups excluding tert-OH is 2. The highest BCUT2D eigenvalue weighted by Crippen LogP contribution is 2.68. The summed E-state index contributed by atoms with van der Waals surface area (Å²) in [5.41, 5.74) is 0.332. The molecule has 0 amide bonds. The summed E-state index contributed by atoms with van der Waals surface area (Å²) in [7, 11) is -3.52. The van der Waals surface area contributed by atoms with Crippen molar-refractivity contribution in [3.05, 3.63) is 30.3 Å². The molecular weight excluding hydrogens is 504 g/mol. The average molecular weight is 559 g/mol. The van der Waals surface area contributed by atoms with E-state index < -0.39 is 21.2 Å². The van der Waals surface area contributed by atoms with Gasteiger partial charge in [0.2, 0.25) is 0 Å². The van der Waals surface area contributed by atoms with E-state index in [1.54, 1.807) is 24.3 Å². The van der Waals surface area contributed by atoms with Gasteiger partial charge in [-0.05, 0) is 135 Å². The van der Waals surface area contributed by atoms with Crippen LogP contribution in [0.5, 0.6) is 0 Å². The molecule has 1 aromatic rings. The van der Waals surface area contributed by atoms with Crippen molar-refractivity contribution in [3.8, 4) is 0 Å². The van der Waals surface area contributed by atoms with Crippen LogP contribution >= 0.6 is 0 Å². The highest BCUT2D eigenvalue weighted by molar-refractivity contribution is 7.92. The summed E-state index contributed by atoms with van der Waals surface area (Å²) in [6.07, 6.45) is 11.9. The van der Waals surface area contributed by atoms with Gasteiger partial charge in [-0.3, -0.25) is 0 Å². The van der Waals surface area contributed by atoms with E-state index in [0.717, 1.165) is 37.0 Å². The van der Waals surface area contributed by atoms with Crippen molar-refractivity contribution in [1.29, 1.82) is 0 Å². The molecule has 0 radical (unpaired) electrons. The van der Waals surface area contributed by atoms with Crippen molar-refractivity contribution >= 4 is 9.84 Å². The first-order valence-corrected chi connectivity index (χ1v) is 17.5. The molecule has 4 nitrogen and oxygen atoms in total. The zero-order valence-corrected chi connectivity index (χ0v) is 25.9. The Labute approximate surface area is 238 Å². The van der Waals surface area contributed by atoms with E-state index in [4.69, 9.17) is 0 Å². The standard InChI is InChI=1S/C34H54O4S/c1-32(2,3)31(36)22-27(39(37,38)26-9-7-6-8-10-26)14-11-23-13-16-29-28-15-12-24-21-25(35)17-19-34(24,5)30(28)18-20-33(23,29)4/h6-10,23-25,27-31,35-36H,11-22H2,1-5H3/t23-,24?,25?,27?,28?,29?,30?,31-,33?,34?/m0/s1. The zero-order valence-electron chi connectivity index (χ0n) is 25.1. The summed E-state index contributed by atoms with van der Waals surface area (Å²) in [6.45, 7) is 11.1. The summed E-state index contributed by atoms with van der Waals surface area (Å²) in [4.78, 5) is 0.384. The summed E-state index contributed by atoms with van der Waals surface area (Å²) in [6, 6.07) is 8.88. The number of hydrogen-bond acceptors (Lipinski definition) is 4. The monoisotopic (exact) mass is 558 g/mol. The van der Waals surface area contributed by atoms with Crippen LogP contribution in [0.15, 0.2) is 35.2 Å². The van der Waals surface area contributed by atoms with Gasteiger partial charge in [-0.1, -0.05) is 52.8 Å². The topological polar surface area (TPSA) is 74.6 Å². The second-order valence-corrected chi connectivity index (χ2v) is 17.8. The van der Waals surface area contributed by atoms with Crippen LogP contribution in [0.25, 0.3) is 0 Å². The minimum Gasteiger partial charge on any atom is -0.393 e. The van der Waals surface area contributed by atoms with Crippen molar-refractivity contribution < 1.29 is 18.6 Å². The fraction of sp³-hybridized carbons (Fsp3) is 0.824. The second-order valence-electron chi connectivity index (χ2n) is 15.6. The Kier molecular flexibility index (Phi) is 8.14. The van der Waals surface area contributed by atoms with Crippen LogP contribution in [0.3, 0.4) is 0 Å². The van der Waals surface area contributed by atoms with Gasteiger partial charge in [0.05, 0.1) is 22.4 Å². The maximum atomic E-state index is 13.8. The van der Waals surface area contributed by atoms with Crippen LogP contribution in [0.4, 0.5) is 0 Å². The molecule has 39 heavy (non-hydrogen) atoms. The predicted octanol–water partition coefficient (Wildman–Crippen LogP) is 7.43. The molecule has 1 aromatic carbocycles. The van der Waals surface area contributed by atoms with E-state index in [2.05, 4.69) is 13.8 Å². The highest BCUT2D eigenvalue weighted by atomic mass is 32.2. The molecule has 4 fully saturated rings. The summed E-state index contributed by atoms with van der Waals surface area (Å²) < 4.78 is 27.6. The molecule has 4 aliphatic carbocycles. The van der Waals surface area contributed by atoms with E-state index in [0.29, 0.717) is 40.4 Å². The van der Waals surface area contributed by atoms with Crippen molar-refractivity contribution in [2.24, 2.45) is 45.8 Å². The quantitative estimate of drug-likeness (QED) is 0.365. The maximum absolute atomic E-state index is 13.8. The molecule has 0 spiro atoms. The predicted molar refractivity (Wildman–Crippen MR) is 158 cm³/mol. The normalized spacial score (nSPS) is 40.3. The Balaban J connectivity index is 1.32. The van der Waals surface area contributed by atoms with Crippen LogP contribution in [-0.4, -0.2) is 36.1 Å². The zero-order chi connectivity index (χ0) is 28.2. The number of sulfone groups is 1. The largest absolute Gasteiger partial charge is 0.393 e. The van der Waals surface area contributed by atoms with Gasteiger partial charge < -0.3 is 10.2 Å². The van der Waals surface area contributed by atoms with Gasteiger partial charge in [0.15, 0.2) is 9.84 Å². The molecule has 0 aliphatic heterocycles. The number of rotatable bonds is 7. The second kappa shape index (κ2) is 10.7. The summed E-state index contributed by atoms with van der Waals surface area (Å²) in [5.74, 6) is 3.56. The molecule has 4 aliphatic rings. The highest BCUT2D eigenvalue weighted by Gasteiger charge is 2.60. The number of hydrogen-bond donors (Lipinski definition) is 2. The lowest BCUT2D eigenvalue weighted by Gasteiger charge is -2.61. The smallest absolute Gasteiger partial charge is 0.181 e. The van der Waals surface area contributed by atoms with Crippen molar-refractivity contribution in [2.45, 2.75) is 134 Å². The van der Waals surface area contributed by atoms with Gasteiger partial charge >= 0.3 is 0 Å². The first-order chi connectivity index (χ1) is 18.3. The van der Waals surface area contributed by atoms with Crippen LogP contribution in [0.1, 0.15) is 112 Å². The molecular formula is C34H54O4S. The Morgan fingerprint density at radius 1 is 0.923 bits per heavy atom. The van der Waals surface area contributed by atoms with Gasteiger partial charge in [-0.25, -0.2) is 8.42 Å². The van der Waals surface area contributed by atoms with Crippen LogP contribution < -0.4 is 0 Å². The Bertz CT molecular complexity index is 1090. The third kappa shape index (κ3) is 5.39. The summed E-state index contributed by atoms with van der Waals surface area (Å²) >= 11 is 0. The van der Waals surface area contributed by atoms with E-state index >= 15 is 0 Å². The molecule has 0 saturated heterocycles. The minimum absolute atomic E-state index is 0.0961. The fourth-order valence-corrected chi connectivity index (χ4v) is 11.8. The first kappa shape index (κ1) is 29.6. The SMILES string of the molecule is CC12CCC(O)CC1CCC1C2CCC2(C)C1CC[C@@H]2CCC(C[C@H](O)C(C)(C)C)S(=O)(=O)c1ccccc1. The van der Waals surface area contributed by atoms with Crippen molar-refractivity contribution in [1.82, 2.24) is 0 Å². The molecule has 0 bridgehead atoms. The lowest BCUT2D eigenvalue weighted by Crippen LogP contribution is -2.53. The van der Waals surface area contributed by atoms with Gasteiger partial charge in [0.1, 0.15) is 0 Å². The van der Waals surface area contributed by atoms with Crippen LogP contribution in [0.2, 0.25) is 0 Å². The number of benzene rings is 1. The third-order valence-electron chi connectivity index (χ3n) is 12.7. The first-order valence-electron chi connectivity index (χ1n) is 15.9. The van der Waals surface area contributed by atoms with E-state index in [1.807, 2.05) is 26.8 Å². The molecule has 5 heteroatoms. The number of aliphatic hydroxyl groups is 2. The molecule has 10 atom stereocenters. The molecule has 0 aromatic heterocycles. The molecule has 5 rings (SSSR count). The molecule has 2 N–H and O–H groups in total. The van der Waals surface area contributed by atoms with E-state index in [1.165, 1.54) is 44.9 Å². The lowest BCUT2D eigenvalue weighted by atomic mass is 9.44. The van der Waals surface area contributed by atoms with E-state index in [-0.39, 0.29) is 11.5 Å². The summed E-state index contributed by atoms with van der Waals surface area (Å²) in [5, 5.41) is 20.8. The van der Waals surface area contributed by atoms with Gasteiger partial charge in [0.25, 0.3) is 0 Å². The Hall–Kier alpha value is -0.910.